The Hall–Kier alpha value is -7.41. The van der Waals surface area contributed by atoms with Crippen molar-refractivity contribution in [2.45, 2.75) is 0 Å². The van der Waals surface area contributed by atoms with Gasteiger partial charge in [0.25, 0.3) is 0 Å². The lowest BCUT2D eigenvalue weighted by Gasteiger charge is -2.34. The summed E-state index contributed by atoms with van der Waals surface area (Å²) in [5.41, 5.74) is 2.08. The van der Waals surface area contributed by atoms with Crippen molar-refractivity contribution in [2.75, 3.05) is 0 Å². The quantitative estimate of drug-likeness (QED) is 0.121. The van der Waals surface area contributed by atoms with Crippen molar-refractivity contribution >= 4 is 72.4 Å². The second kappa shape index (κ2) is 13.4. The highest BCUT2D eigenvalue weighted by Crippen LogP contribution is 2.34. The van der Waals surface area contributed by atoms with E-state index in [2.05, 4.69) is 84.9 Å². The summed E-state index contributed by atoms with van der Waals surface area (Å²) in [6, 6.07) is 51.7. The predicted molar refractivity (Wildman–Crippen MR) is 238 cm³/mol. The maximum Gasteiger partial charge on any atom is 0.240 e. The van der Waals surface area contributed by atoms with Gasteiger partial charge in [0.15, 0.2) is 13.9 Å². The highest BCUT2D eigenvalue weighted by atomic mass is 28.3. The minimum atomic E-state index is -3.04. The maximum absolute atomic E-state index is 9.27. The fourth-order valence-electron chi connectivity index (χ4n) is 8.40. The summed E-state index contributed by atoms with van der Waals surface area (Å²) in [7, 11) is -3.04. The molecule has 0 unspecified atom stereocenters. The van der Waals surface area contributed by atoms with Gasteiger partial charge in [-0.2, -0.15) is 15.0 Å². The van der Waals surface area contributed by atoms with E-state index in [1.54, 1.807) is 0 Å². The number of rotatable bonds is 7. The van der Waals surface area contributed by atoms with Gasteiger partial charge in [-0.05, 0) is 45.0 Å². The molecular formula is C51H35N5Si. The normalized spacial score (nSPS) is 13.8. The standard InChI is InChI=1S/C51H35N5Si/c1-4-20-37(21-5-1)57(38-22-6-2-7-23-38,39-24-8-3-9-25-39)40-26-18-19-36(35-40)49-52-50(55-45-31-14-10-27-41(45)42-28-11-15-32-46(42)55)54-51(53-49)56-47-33-16-12-29-43(47)44-30-13-17-34-48(44)56/h1-35H/i10D,11D,14D,15D,27D,28D,31D,32D. The number of benzene rings is 8. The number of nitrogens with zero attached hydrogens (tertiary/aromatic N) is 5. The van der Waals surface area contributed by atoms with Crippen LogP contribution in [-0.2, 0) is 0 Å². The van der Waals surface area contributed by atoms with E-state index in [9.17, 15) is 2.74 Å². The molecular weight excluding hydrogens is 711 g/mol. The Balaban J connectivity index is 1.28. The van der Waals surface area contributed by atoms with E-state index in [0.29, 0.717) is 5.56 Å². The molecule has 6 heteroatoms. The first kappa shape index (κ1) is 25.6. The van der Waals surface area contributed by atoms with Crippen molar-refractivity contribution < 1.29 is 11.0 Å². The molecule has 0 spiro atoms. The smallest absolute Gasteiger partial charge is 0.240 e. The van der Waals surface area contributed by atoms with Crippen LogP contribution in [0.2, 0.25) is 0 Å². The molecule has 0 atom stereocenters. The third kappa shape index (κ3) is 5.19. The number of hydrogen-bond acceptors (Lipinski definition) is 3. The van der Waals surface area contributed by atoms with Crippen LogP contribution < -0.4 is 20.7 Å². The molecule has 0 saturated heterocycles. The molecule has 11 rings (SSSR count). The third-order valence-corrected chi connectivity index (χ3v) is 15.6. The van der Waals surface area contributed by atoms with Crippen LogP contribution in [0.15, 0.2) is 212 Å². The third-order valence-electron chi connectivity index (χ3n) is 10.8. The zero-order valence-electron chi connectivity index (χ0n) is 38.3. The second-order valence-electron chi connectivity index (χ2n) is 13.8. The summed E-state index contributed by atoms with van der Waals surface area (Å²) in [6.07, 6.45) is 0. The van der Waals surface area contributed by atoms with Gasteiger partial charge in [0.05, 0.1) is 33.0 Å². The molecule has 0 aliphatic heterocycles. The summed E-state index contributed by atoms with van der Waals surface area (Å²) < 4.78 is 74.7. The van der Waals surface area contributed by atoms with Crippen LogP contribution in [0, 0.1) is 0 Å². The predicted octanol–water partition coefficient (Wildman–Crippen LogP) is 9.11. The Bertz CT molecular complexity index is 3480. The van der Waals surface area contributed by atoms with Gasteiger partial charge in [0, 0.05) is 27.1 Å². The number of fused-ring (bicyclic) bond motifs is 6. The van der Waals surface area contributed by atoms with Gasteiger partial charge < -0.3 is 0 Å². The van der Waals surface area contributed by atoms with Crippen molar-refractivity contribution in [2.24, 2.45) is 0 Å². The van der Waals surface area contributed by atoms with E-state index in [0.717, 1.165) is 27.0 Å². The van der Waals surface area contributed by atoms with Gasteiger partial charge in [-0.15, -0.1) is 0 Å². The maximum atomic E-state index is 9.27. The molecule has 8 aromatic carbocycles. The highest BCUT2D eigenvalue weighted by molar-refractivity contribution is 7.19. The Kier molecular flexibility index (Phi) is 6.03. The SMILES string of the molecule is [2H]c1c([2H])c([2H])c2c(c1[2H])c1c([2H])c([2H])c([2H])c([2H])c1n2-c1nc(-c2cccc([Si](c3ccccc3)(c3ccccc3)c3ccccc3)c2)nc(-n2c3ccccc3c3ccccc32)n1. The number of aromatic nitrogens is 5. The molecule has 0 bridgehead atoms. The lowest BCUT2D eigenvalue weighted by Crippen LogP contribution is -2.74. The first-order valence-corrected chi connectivity index (χ1v) is 20.6. The summed E-state index contributed by atoms with van der Waals surface area (Å²) in [6.45, 7) is 0. The average molecular weight is 754 g/mol. The Morgan fingerprint density at radius 1 is 0.368 bits per heavy atom. The first-order chi connectivity index (χ1) is 31.6. The Labute approximate surface area is 342 Å². The fraction of sp³-hybridized carbons (Fsp3) is 0. The molecule has 5 nitrogen and oxygen atoms in total. The summed E-state index contributed by atoms with van der Waals surface area (Å²) in [5, 5.41) is 6.35. The molecule has 57 heavy (non-hydrogen) atoms. The lowest BCUT2D eigenvalue weighted by atomic mass is 10.2. The van der Waals surface area contributed by atoms with Crippen LogP contribution >= 0.6 is 0 Å². The summed E-state index contributed by atoms with van der Waals surface area (Å²) >= 11 is 0. The van der Waals surface area contributed by atoms with E-state index in [1.165, 1.54) is 20.1 Å². The van der Waals surface area contributed by atoms with Crippen molar-refractivity contribution in [3.63, 3.8) is 0 Å². The van der Waals surface area contributed by atoms with E-state index >= 15 is 0 Å². The van der Waals surface area contributed by atoms with Crippen LogP contribution in [-0.4, -0.2) is 32.2 Å². The molecule has 0 aliphatic carbocycles. The second-order valence-corrected chi connectivity index (χ2v) is 17.6. The summed E-state index contributed by atoms with van der Waals surface area (Å²) in [4.78, 5) is 15.5. The molecule has 0 saturated carbocycles. The molecule has 0 aliphatic rings. The van der Waals surface area contributed by atoms with E-state index in [4.69, 9.17) is 23.2 Å². The van der Waals surface area contributed by atoms with Gasteiger partial charge in [-0.25, -0.2) is 0 Å². The van der Waals surface area contributed by atoms with Crippen LogP contribution in [0.25, 0.3) is 66.9 Å². The van der Waals surface area contributed by atoms with Crippen LogP contribution in [0.5, 0.6) is 0 Å². The Morgan fingerprint density at radius 2 is 0.789 bits per heavy atom. The average Bonchev–Trinajstić information content (AvgIpc) is 3.90. The van der Waals surface area contributed by atoms with Crippen molar-refractivity contribution in [3.8, 4) is 23.3 Å². The number of para-hydroxylation sites is 4. The molecule has 0 fully saturated rings. The van der Waals surface area contributed by atoms with Crippen LogP contribution in [0.4, 0.5) is 0 Å². The van der Waals surface area contributed by atoms with Gasteiger partial charge >= 0.3 is 0 Å². The zero-order valence-corrected chi connectivity index (χ0v) is 31.3. The number of hydrogen-bond donors (Lipinski definition) is 0. The summed E-state index contributed by atoms with van der Waals surface area (Å²) in [5.74, 6) is 0.342. The Morgan fingerprint density at radius 3 is 1.30 bits per heavy atom. The van der Waals surface area contributed by atoms with Gasteiger partial charge in [-0.3, -0.25) is 9.13 Å². The largest absolute Gasteiger partial charge is 0.278 e. The van der Waals surface area contributed by atoms with E-state index in [1.807, 2.05) is 83.4 Å². The first-order valence-electron chi connectivity index (χ1n) is 22.6. The van der Waals surface area contributed by atoms with Gasteiger partial charge in [0.2, 0.25) is 11.9 Å². The minimum absolute atomic E-state index is 0.0651. The molecule has 3 heterocycles. The molecule has 11 aromatic rings. The van der Waals surface area contributed by atoms with Crippen molar-refractivity contribution in [3.05, 3.63) is 212 Å². The fourth-order valence-corrected chi connectivity index (χ4v) is 13.2. The molecule has 268 valence electrons. The van der Waals surface area contributed by atoms with Crippen LogP contribution in [0.3, 0.4) is 0 Å². The van der Waals surface area contributed by atoms with Crippen LogP contribution in [0.1, 0.15) is 11.0 Å². The zero-order chi connectivity index (χ0) is 44.7. The minimum Gasteiger partial charge on any atom is -0.278 e. The van der Waals surface area contributed by atoms with Gasteiger partial charge in [-0.1, -0.05) is 188 Å². The molecule has 0 radical (unpaired) electrons. The van der Waals surface area contributed by atoms with Crippen molar-refractivity contribution in [1.82, 2.24) is 24.1 Å². The van der Waals surface area contributed by atoms with E-state index < -0.39 is 56.4 Å². The van der Waals surface area contributed by atoms with E-state index in [-0.39, 0.29) is 39.5 Å². The monoisotopic (exact) mass is 753 g/mol. The highest BCUT2D eigenvalue weighted by Gasteiger charge is 2.41. The molecule has 0 N–H and O–H groups in total. The van der Waals surface area contributed by atoms with Gasteiger partial charge in [0.1, 0.15) is 0 Å². The molecule has 3 aromatic heterocycles. The topological polar surface area (TPSA) is 48.5 Å². The lowest BCUT2D eigenvalue weighted by molar-refractivity contribution is 0.893. The molecule has 0 amide bonds. The van der Waals surface area contributed by atoms with Crippen molar-refractivity contribution in [1.29, 1.82) is 0 Å².